The SMILES string of the molecule is COC(=O)C(Cc1ccc(O)cc1)NC(=O)CCNc1ccc(C(F)(F)F)cc1[N+](=O)[O-]. The topological polar surface area (TPSA) is 131 Å². The number of methoxy groups -OCH3 is 1. The summed E-state index contributed by atoms with van der Waals surface area (Å²) in [6.45, 7) is -0.134. The summed E-state index contributed by atoms with van der Waals surface area (Å²) < 4.78 is 43.0. The number of hydrogen-bond acceptors (Lipinski definition) is 7. The van der Waals surface area contributed by atoms with Gasteiger partial charge < -0.3 is 20.5 Å². The molecule has 0 aromatic heterocycles. The van der Waals surface area contributed by atoms with Gasteiger partial charge in [-0.2, -0.15) is 13.2 Å². The minimum atomic E-state index is -4.73. The monoisotopic (exact) mass is 455 g/mol. The number of rotatable bonds is 9. The summed E-state index contributed by atoms with van der Waals surface area (Å²) in [6.07, 6.45) is -4.86. The molecule has 172 valence electrons. The molecule has 0 saturated carbocycles. The van der Waals surface area contributed by atoms with E-state index in [0.29, 0.717) is 17.7 Å². The second-order valence-electron chi connectivity index (χ2n) is 6.68. The number of aromatic hydroxyl groups is 1. The molecule has 0 fully saturated rings. The summed E-state index contributed by atoms with van der Waals surface area (Å²) in [4.78, 5) is 34.4. The summed E-state index contributed by atoms with van der Waals surface area (Å²) in [7, 11) is 1.16. The molecule has 0 saturated heterocycles. The number of amides is 1. The number of nitrogens with one attached hydrogen (secondary N) is 2. The average Bonchev–Trinajstić information content (AvgIpc) is 2.73. The number of nitrogens with zero attached hydrogens (tertiary/aromatic N) is 1. The standard InChI is InChI=1S/C20H20F3N3O6/c1-32-19(29)16(10-12-2-5-14(27)6-3-12)25-18(28)8-9-24-15-7-4-13(20(21,22)23)11-17(15)26(30)31/h2-7,11,16,24,27H,8-10H2,1H3,(H,25,28). The lowest BCUT2D eigenvalue weighted by Gasteiger charge is -2.17. The highest BCUT2D eigenvalue weighted by Crippen LogP contribution is 2.34. The van der Waals surface area contributed by atoms with Crippen molar-refractivity contribution in [3.63, 3.8) is 0 Å². The number of nitro benzene ring substituents is 1. The third-order valence-electron chi connectivity index (χ3n) is 4.39. The highest BCUT2D eigenvalue weighted by molar-refractivity contribution is 5.85. The lowest BCUT2D eigenvalue weighted by molar-refractivity contribution is -0.384. The number of hydrogen-bond donors (Lipinski definition) is 3. The van der Waals surface area contributed by atoms with E-state index in [1.165, 1.54) is 12.1 Å². The Morgan fingerprint density at radius 3 is 2.41 bits per heavy atom. The molecule has 0 radical (unpaired) electrons. The van der Waals surface area contributed by atoms with E-state index in [1.54, 1.807) is 12.1 Å². The minimum absolute atomic E-state index is 0.0378. The van der Waals surface area contributed by atoms with Crippen LogP contribution in [0.3, 0.4) is 0 Å². The highest BCUT2D eigenvalue weighted by atomic mass is 19.4. The van der Waals surface area contributed by atoms with Crippen molar-refractivity contribution in [1.82, 2.24) is 5.32 Å². The summed E-state index contributed by atoms with van der Waals surface area (Å²) in [5, 5.41) is 25.5. The Labute approximate surface area is 180 Å². The van der Waals surface area contributed by atoms with Crippen LogP contribution < -0.4 is 10.6 Å². The first-order chi connectivity index (χ1) is 15.0. The third kappa shape index (κ3) is 6.86. The van der Waals surface area contributed by atoms with Gasteiger partial charge in [-0.25, -0.2) is 4.79 Å². The highest BCUT2D eigenvalue weighted by Gasteiger charge is 2.33. The molecule has 9 nitrogen and oxygen atoms in total. The molecule has 12 heteroatoms. The summed E-state index contributed by atoms with van der Waals surface area (Å²) in [6, 6.07) is 7.00. The van der Waals surface area contributed by atoms with Crippen LogP contribution >= 0.6 is 0 Å². The van der Waals surface area contributed by atoms with Gasteiger partial charge in [0.25, 0.3) is 5.69 Å². The predicted octanol–water partition coefficient (Wildman–Crippen LogP) is 3.02. The first kappa shape index (κ1) is 24.4. The maximum atomic E-state index is 12.8. The van der Waals surface area contributed by atoms with E-state index >= 15 is 0 Å². The fourth-order valence-corrected chi connectivity index (χ4v) is 2.79. The first-order valence-electron chi connectivity index (χ1n) is 9.26. The maximum Gasteiger partial charge on any atom is 0.416 e. The van der Waals surface area contributed by atoms with Crippen molar-refractivity contribution in [2.24, 2.45) is 0 Å². The Morgan fingerprint density at radius 1 is 1.19 bits per heavy atom. The van der Waals surface area contributed by atoms with E-state index < -0.39 is 40.3 Å². The van der Waals surface area contributed by atoms with Crippen molar-refractivity contribution in [1.29, 1.82) is 0 Å². The number of carbonyl (C=O) groups excluding carboxylic acids is 2. The lowest BCUT2D eigenvalue weighted by Crippen LogP contribution is -2.43. The summed E-state index contributed by atoms with van der Waals surface area (Å²) >= 11 is 0. The Kier molecular flexibility index (Phi) is 7.99. The third-order valence-corrected chi connectivity index (χ3v) is 4.39. The van der Waals surface area contributed by atoms with E-state index in [-0.39, 0.29) is 30.8 Å². The molecule has 0 aliphatic heterocycles. The number of benzene rings is 2. The number of carbonyl (C=O) groups is 2. The molecule has 3 N–H and O–H groups in total. The number of anilines is 1. The van der Waals surface area contributed by atoms with Crippen LogP contribution in [0.2, 0.25) is 0 Å². The van der Waals surface area contributed by atoms with Crippen LogP contribution in [0.15, 0.2) is 42.5 Å². The zero-order valence-corrected chi connectivity index (χ0v) is 16.8. The molecule has 0 spiro atoms. The van der Waals surface area contributed by atoms with E-state index in [2.05, 4.69) is 15.4 Å². The quantitative estimate of drug-likeness (QED) is 0.301. The Bertz CT molecular complexity index is 980. The summed E-state index contributed by atoms with van der Waals surface area (Å²) in [5.41, 5.74) is -1.47. The molecular formula is C20H20F3N3O6. The zero-order chi connectivity index (χ0) is 23.9. The molecule has 0 aliphatic rings. The number of halogens is 3. The minimum Gasteiger partial charge on any atom is -0.508 e. The van der Waals surface area contributed by atoms with Crippen molar-refractivity contribution in [3.05, 3.63) is 63.7 Å². The molecule has 1 unspecified atom stereocenters. The van der Waals surface area contributed by atoms with Crippen LogP contribution in [0.4, 0.5) is 24.5 Å². The van der Waals surface area contributed by atoms with Crippen molar-refractivity contribution in [2.45, 2.75) is 25.1 Å². The predicted molar refractivity (Wildman–Crippen MR) is 107 cm³/mol. The van der Waals surface area contributed by atoms with Gasteiger partial charge in [0.05, 0.1) is 17.6 Å². The van der Waals surface area contributed by atoms with E-state index in [4.69, 9.17) is 0 Å². The van der Waals surface area contributed by atoms with Crippen LogP contribution in [0, 0.1) is 10.1 Å². The van der Waals surface area contributed by atoms with E-state index in [1.807, 2.05) is 0 Å². The van der Waals surface area contributed by atoms with Crippen molar-refractivity contribution < 1.29 is 37.5 Å². The lowest BCUT2D eigenvalue weighted by atomic mass is 10.1. The Morgan fingerprint density at radius 2 is 1.84 bits per heavy atom. The molecule has 2 aromatic carbocycles. The van der Waals surface area contributed by atoms with Gasteiger partial charge in [-0.3, -0.25) is 14.9 Å². The van der Waals surface area contributed by atoms with Gasteiger partial charge in [0, 0.05) is 25.5 Å². The first-order valence-corrected chi connectivity index (χ1v) is 9.26. The van der Waals surface area contributed by atoms with Crippen LogP contribution in [0.1, 0.15) is 17.5 Å². The Balaban J connectivity index is 1.99. The number of phenols is 1. The van der Waals surface area contributed by atoms with Gasteiger partial charge in [-0.05, 0) is 29.8 Å². The van der Waals surface area contributed by atoms with Gasteiger partial charge in [-0.15, -0.1) is 0 Å². The summed E-state index contributed by atoms with van der Waals surface area (Å²) in [5.74, 6) is -1.24. The smallest absolute Gasteiger partial charge is 0.416 e. The van der Waals surface area contributed by atoms with Crippen molar-refractivity contribution in [3.8, 4) is 5.75 Å². The second-order valence-corrected chi connectivity index (χ2v) is 6.68. The largest absolute Gasteiger partial charge is 0.508 e. The fourth-order valence-electron chi connectivity index (χ4n) is 2.79. The number of alkyl halides is 3. The molecule has 0 aliphatic carbocycles. The average molecular weight is 455 g/mol. The van der Waals surface area contributed by atoms with Crippen LogP contribution in [0.25, 0.3) is 0 Å². The van der Waals surface area contributed by atoms with Crippen LogP contribution in [-0.4, -0.2) is 41.6 Å². The molecule has 1 atom stereocenters. The van der Waals surface area contributed by atoms with Gasteiger partial charge in [0.2, 0.25) is 5.91 Å². The maximum absolute atomic E-state index is 12.8. The molecule has 0 bridgehead atoms. The van der Waals surface area contributed by atoms with Gasteiger partial charge in [-0.1, -0.05) is 12.1 Å². The molecular weight excluding hydrogens is 435 g/mol. The van der Waals surface area contributed by atoms with Crippen LogP contribution in [0.5, 0.6) is 5.75 Å². The second kappa shape index (κ2) is 10.5. The number of ether oxygens (including phenoxy) is 1. The normalized spacial score (nSPS) is 12.0. The van der Waals surface area contributed by atoms with Crippen molar-refractivity contribution in [2.75, 3.05) is 19.0 Å². The number of phenolic OH excluding ortho intramolecular Hbond substituents is 1. The molecule has 2 aromatic rings. The van der Waals surface area contributed by atoms with Gasteiger partial charge >= 0.3 is 12.1 Å². The van der Waals surface area contributed by atoms with E-state index in [0.717, 1.165) is 13.2 Å². The Hall–Kier alpha value is -3.83. The molecule has 32 heavy (non-hydrogen) atoms. The van der Waals surface area contributed by atoms with E-state index in [9.17, 15) is 38.0 Å². The van der Waals surface area contributed by atoms with Crippen LogP contribution in [-0.2, 0) is 26.9 Å². The number of nitro groups is 1. The van der Waals surface area contributed by atoms with Gasteiger partial charge in [0.1, 0.15) is 17.5 Å². The molecule has 1 amide bonds. The fraction of sp³-hybridized carbons (Fsp3) is 0.300. The van der Waals surface area contributed by atoms with Crippen molar-refractivity contribution >= 4 is 23.3 Å². The number of esters is 1. The zero-order valence-electron chi connectivity index (χ0n) is 16.8. The van der Waals surface area contributed by atoms with Gasteiger partial charge in [0.15, 0.2) is 0 Å². The molecule has 0 heterocycles. The molecule has 2 rings (SSSR count).